The lowest BCUT2D eigenvalue weighted by Gasteiger charge is -2.53. The summed E-state index contributed by atoms with van der Waals surface area (Å²) in [6, 6.07) is 2.18. The third-order valence-electron chi connectivity index (χ3n) is 9.70. The number of aromatic nitrogens is 5. The van der Waals surface area contributed by atoms with E-state index in [4.69, 9.17) is 10.1 Å². The van der Waals surface area contributed by atoms with Gasteiger partial charge in [0.1, 0.15) is 0 Å². The summed E-state index contributed by atoms with van der Waals surface area (Å²) in [5, 5.41) is 13.9. The van der Waals surface area contributed by atoms with Gasteiger partial charge in [0.15, 0.2) is 5.65 Å². The first-order valence-corrected chi connectivity index (χ1v) is 14.2. The summed E-state index contributed by atoms with van der Waals surface area (Å²) in [6.45, 7) is 8.58. The fraction of sp³-hybridized carbons (Fsp3) is 0.621. The number of amides is 2. The third kappa shape index (κ3) is 4.57. The van der Waals surface area contributed by atoms with Crippen LogP contribution in [0, 0.1) is 19.3 Å². The molecule has 3 aromatic heterocycles. The first-order valence-electron chi connectivity index (χ1n) is 14.2. The second-order valence-electron chi connectivity index (χ2n) is 12.3. The fourth-order valence-corrected chi connectivity index (χ4v) is 7.15. The molecule has 0 radical (unpaired) electrons. The molecule has 7 rings (SSSR count). The van der Waals surface area contributed by atoms with Crippen molar-refractivity contribution in [2.24, 2.45) is 12.5 Å². The maximum absolute atomic E-state index is 12.6. The second-order valence-corrected chi connectivity index (χ2v) is 12.3. The van der Waals surface area contributed by atoms with E-state index in [1.54, 1.807) is 7.05 Å². The molecule has 4 aliphatic rings. The Kier molecular flexibility index (Phi) is 6.19. The Morgan fingerprint density at radius 2 is 1.85 bits per heavy atom. The Hall–Kier alpha value is -3.43. The first-order chi connectivity index (χ1) is 18.6. The van der Waals surface area contributed by atoms with Gasteiger partial charge in [0.25, 0.3) is 0 Å². The topological polar surface area (TPSA) is 101 Å². The Bertz CT molecular complexity index is 1430. The van der Waals surface area contributed by atoms with E-state index in [2.05, 4.69) is 33.0 Å². The lowest BCUT2D eigenvalue weighted by atomic mass is 9.57. The molecule has 0 spiro atoms. The smallest absolute Gasteiger partial charge is 0.240 e. The summed E-state index contributed by atoms with van der Waals surface area (Å²) in [4.78, 5) is 32.8. The fourth-order valence-electron chi connectivity index (χ4n) is 7.15. The van der Waals surface area contributed by atoms with Crippen LogP contribution in [0.2, 0.25) is 0 Å². The van der Waals surface area contributed by atoms with Gasteiger partial charge in [-0.25, -0.2) is 4.98 Å². The number of hydrogen-bond acceptors (Lipinski definition) is 6. The van der Waals surface area contributed by atoms with Crippen molar-refractivity contribution in [1.82, 2.24) is 34.8 Å². The van der Waals surface area contributed by atoms with Gasteiger partial charge in [-0.05, 0) is 63.9 Å². The van der Waals surface area contributed by atoms with Gasteiger partial charge >= 0.3 is 0 Å². The lowest BCUT2D eigenvalue weighted by Crippen LogP contribution is -2.58. The monoisotopic (exact) mass is 532 g/mol. The van der Waals surface area contributed by atoms with Gasteiger partial charge < -0.3 is 15.1 Å². The van der Waals surface area contributed by atoms with E-state index in [0.29, 0.717) is 0 Å². The molecule has 39 heavy (non-hydrogen) atoms. The van der Waals surface area contributed by atoms with Crippen molar-refractivity contribution in [3.63, 3.8) is 0 Å². The zero-order valence-corrected chi connectivity index (χ0v) is 23.9. The van der Waals surface area contributed by atoms with Crippen LogP contribution in [0.3, 0.4) is 0 Å². The van der Waals surface area contributed by atoms with Crippen LogP contribution < -0.4 is 10.2 Å². The summed E-state index contributed by atoms with van der Waals surface area (Å²) in [5.74, 6) is -0.132. The number of pyridine rings is 1. The third-order valence-corrected chi connectivity index (χ3v) is 9.70. The van der Waals surface area contributed by atoms with E-state index < -0.39 is 0 Å². The van der Waals surface area contributed by atoms with Gasteiger partial charge in [0.05, 0.1) is 29.5 Å². The van der Waals surface area contributed by atoms with Crippen molar-refractivity contribution in [3.05, 3.63) is 34.9 Å². The molecule has 0 saturated heterocycles. The molecule has 4 heterocycles. The van der Waals surface area contributed by atoms with Crippen LogP contribution in [0.15, 0.2) is 12.3 Å². The van der Waals surface area contributed by atoms with Crippen molar-refractivity contribution in [2.75, 3.05) is 25.0 Å². The lowest BCUT2D eigenvalue weighted by molar-refractivity contribution is -0.135. The van der Waals surface area contributed by atoms with Crippen molar-refractivity contribution < 1.29 is 9.59 Å². The molecule has 10 nitrogen and oxygen atoms in total. The number of aryl methyl sites for hydroxylation is 3. The van der Waals surface area contributed by atoms with Crippen LogP contribution in [-0.2, 0) is 36.1 Å². The van der Waals surface area contributed by atoms with E-state index in [1.807, 2.05) is 24.9 Å². The molecular weight excluding hydrogens is 492 g/mol. The SMILES string of the molecule is CC(=O)N(C)CC(=O)NC12CCC(Cn3nc(C)c4c3CCN(c3cc(C)nc5c3cnn5C)C4)(CC1)CC2. The number of carbonyl (C=O) groups excluding carboxylic acids is 2. The molecule has 2 amide bonds. The molecule has 0 aromatic carbocycles. The van der Waals surface area contributed by atoms with Crippen molar-refractivity contribution in [3.8, 4) is 0 Å². The van der Waals surface area contributed by atoms with Gasteiger partial charge in [0, 0.05) is 69.6 Å². The Morgan fingerprint density at radius 1 is 1.13 bits per heavy atom. The summed E-state index contributed by atoms with van der Waals surface area (Å²) in [7, 11) is 3.62. The van der Waals surface area contributed by atoms with Crippen LogP contribution in [0.5, 0.6) is 0 Å². The molecule has 3 saturated carbocycles. The van der Waals surface area contributed by atoms with E-state index >= 15 is 0 Å². The number of rotatable bonds is 6. The van der Waals surface area contributed by atoms with E-state index in [0.717, 1.165) is 87.0 Å². The highest BCUT2D eigenvalue weighted by Crippen LogP contribution is 2.53. The van der Waals surface area contributed by atoms with Crippen LogP contribution in [0.25, 0.3) is 11.0 Å². The molecule has 3 aliphatic carbocycles. The van der Waals surface area contributed by atoms with Gasteiger partial charge in [-0.3, -0.25) is 19.0 Å². The number of hydrogen-bond donors (Lipinski definition) is 1. The molecule has 2 bridgehead atoms. The van der Waals surface area contributed by atoms with Crippen molar-refractivity contribution in [1.29, 1.82) is 0 Å². The largest absolute Gasteiger partial charge is 0.366 e. The average molecular weight is 533 g/mol. The molecule has 3 fully saturated rings. The quantitative estimate of drug-likeness (QED) is 0.524. The van der Waals surface area contributed by atoms with Crippen molar-refractivity contribution in [2.45, 2.75) is 84.3 Å². The standard InChI is InChI=1S/C29H40N8O2/c1-19-14-25(22-15-30-35(5)27(22)31-19)36-13-6-24-23(16-36)20(2)33-37(24)18-28-7-10-29(11-8-28,12-9-28)32-26(39)17-34(4)21(3)38/h14-15H,6-13,16-18H2,1-5H3,(H,32,39). The van der Waals surface area contributed by atoms with Crippen LogP contribution in [-0.4, -0.2) is 66.9 Å². The minimum Gasteiger partial charge on any atom is -0.366 e. The molecule has 1 aliphatic heterocycles. The van der Waals surface area contributed by atoms with Gasteiger partial charge in [-0.2, -0.15) is 10.2 Å². The van der Waals surface area contributed by atoms with Crippen LogP contribution >= 0.6 is 0 Å². The van der Waals surface area contributed by atoms with Crippen molar-refractivity contribution >= 4 is 28.5 Å². The Morgan fingerprint density at radius 3 is 2.54 bits per heavy atom. The maximum Gasteiger partial charge on any atom is 0.240 e. The number of likely N-dealkylation sites (N-methyl/N-ethyl adjacent to an activating group) is 1. The number of fused-ring (bicyclic) bond motifs is 5. The van der Waals surface area contributed by atoms with Crippen LogP contribution in [0.4, 0.5) is 5.69 Å². The summed E-state index contributed by atoms with van der Waals surface area (Å²) < 4.78 is 4.17. The van der Waals surface area contributed by atoms with Gasteiger partial charge in [0.2, 0.25) is 11.8 Å². The highest BCUT2D eigenvalue weighted by molar-refractivity contribution is 5.89. The Labute approximate surface area is 229 Å². The Balaban J connectivity index is 1.15. The first kappa shape index (κ1) is 25.8. The predicted octanol–water partition coefficient (Wildman–Crippen LogP) is 3.03. The summed E-state index contributed by atoms with van der Waals surface area (Å²) in [5.41, 5.74) is 7.13. The zero-order chi connectivity index (χ0) is 27.5. The summed E-state index contributed by atoms with van der Waals surface area (Å²) in [6.07, 6.45) is 9.21. The molecular formula is C29H40N8O2. The van der Waals surface area contributed by atoms with E-state index in [9.17, 15) is 9.59 Å². The summed E-state index contributed by atoms with van der Waals surface area (Å²) >= 11 is 0. The number of carbonyl (C=O) groups is 2. The van der Waals surface area contributed by atoms with E-state index in [-0.39, 0.29) is 29.3 Å². The minimum atomic E-state index is -0.114. The molecule has 3 aromatic rings. The molecule has 10 heteroatoms. The predicted molar refractivity (Wildman–Crippen MR) is 149 cm³/mol. The number of nitrogens with one attached hydrogen (secondary N) is 1. The number of anilines is 1. The highest BCUT2D eigenvalue weighted by atomic mass is 16.2. The molecule has 208 valence electrons. The second kappa shape index (κ2) is 9.34. The highest BCUT2D eigenvalue weighted by Gasteiger charge is 2.49. The van der Waals surface area contributed by atoms with Crippen LogP contribution in [0.1, 0.15) is 68.1 Å². The normalized spacial score (nSPS) is 24.2. The number of nitrogens with zero attached hydrogens (tertiary/aromatic N) is 7. The van der Waals surface area contributed by atoms with Gasteiger partial charge in [-0.15, -0.1) is 0 Å². The molecule has 0 unspecified atom stereocenters. The maximum atomic E-state index is 12.6. The average Bonchev–Trinajstić information content (AvgIpc) is 3.43. The zero-order valence-electron chi connectivity index (χ0n) is 23.9. The van der Waals surface area contributed by atoms with Gasteiger partial charge in [-0.1, -0.05) is 0 Å². The van der Waals surface area contributed by atoms with E-state index in [1.165, 1.54) is 28.8 Å². The molecule has 1 N–H and O–H groups in total. The molecule has 0 atom stereocenters. The minimum absolute atomic E-state index is 0.0450.